The number of hydrogen-bond acceptors (Lipinski definition) is 5. The molecule has 1 aromatic carbocycles. The maximum absolute atomic E-state index is 6.09. The number of para-hydroxylation sites is 2. The zero-order valence-electron chi connectivity index (χ0n) is 12.1. The second kappa shape index (κ2) is 5.69. The van der Waals surface area contributed by atoms with Crippen LogP contribution in [0.4, 0.5) is 11.4 Å². The lowest BCUT2D eigenvalue weighted by molar-refractivity contribution is 0.416. The van der Waals surface area contributed by atoms with Crippen LogP contribution in [0.1, 0.15) is 23.9 Å². The molecule has 0 radical (unpaired) electrons. The highest BCUT2D eigenvalue weighted by Crippen LogP contribution is 2.28. The van der Waals surface area contributed by atoms with Crippen LogP contribution in [0.25, 0.3) is 0 Å². The summed E-state index contributed by atoms with van der Waals surface area (Å²) in [5.74, 6) is 0.724. The molecule has 0 saturated carbocycles. The van der Waals surface area contributed by atoms with Gasteiger partial charge < -0.3 is 10.5 Å². The van der Waals surface area contributed by atoms with Gasteiger partial charge in [0.05, 0.1) is 24.2 Å². The van der Waals surface area contributed by atoms with Crippen molar-refractivity contribution in [3.63, 3.8) is 0 Å². The van der Waals surface area contributed by atoms with Crippen LogP contribution in [0, 0.1) is 13.8 Å². The minimum absolute atomic E-state index is 0.619. The molecule has 0 aliphatic heterocycles. The number of methoxy groups -OCH3 is 1. The van der Waals surface area contributed by atoms with Gasteiger partial charge >= 0.3 is 0 Å². The number of nitrogen functional groups attached to an aromatic ring is 1. The maximum Gasteiger partial charge on any atom is 0.144 e. The highest BCUT2D eigenvalue weighted by Gasteiger charge is 2.12. The van der Waals surface area contributed by atoms with Crippen molar-refractivity contribution < 1.29 is 4.74 Å². The molecule has 2 aromatic rings. The average molecular weight is 270 g/mol. The fourth-order valence-corrected chi connectivity index (χ4v) is 2.05. The van der Waals surface area contributed by atoms with Gasteiger partial charge in [0.25, 0.3) is 0 Å². The Balaban J connectivity index is 2.54. The summed E-state index contributed by atoms with van der Waals surface area (Å²) in [4.78, 5) is 4.61. The topological polar surface area (TPSA) is 73.4 Å². The number of aryl methyl sites for hydroxylation is 2. The average Bonchev–Trinajstić information content (AvgIpc) is 2.44. The van der Waals surface area contributed by atoms with E-state index in [9.17, 15) is 0 Å². The summed E-state index contributed by atoms with van der Waals surface area (Å²) >= 11 is 0. The second-order valence-corrected chi connectivity index (χ2v) is 4.53. The largest absolute Gasteiger partial charge is 0.494 e. The van der Waals surface area contributed by atoms with Crippen molar-refractivity contribution in [3.8, 4) is 5.75 Å². The van der Waals surface area contributed by atoms with E-state index in [-0.39, 0.29) is 0 Å². The summed E-state index contributed by atoms with van der Waals surface area (Å²) < 4.78 is 5.30. The summed E-state index contributed by atoms with van der Waals surface area (Å²) in [5, 5.41) is 8.11. The molecule has 0 bridgehead atoms. The van der Waals surface area contributed by atoms with Crippen molar-refractivity contribution in [3.05, 3.63) is 41.2 Å². The van der Waals surface area contributed by atoms with E-state index in [1.807, 2.05) is 45.0 Å². The first kappa shape index (κ1) is 14.0. The number of nitrogens with two attached hydrogens (primary N) is 1. The second-order valence-electron chi connectivity index (χ2n) is 4.53. The Kier molecular flexibility index (Phi) is 3.98. The van der Waals surface area contributed by atoms with Crippen LogP contribution in [-0.2, 0) is 0 Å². The zero-order valence-corrected chi connectivity index (χ0v) is 12.1. The Morgan fingerprint density at radius 3 is 2.50 bits per heavy atom. The Labute approximate surface area is 118 Å². The van der Waals surface area contributed by atoms with Crippen molar-refractivity contribution >= 4 is 17.1 Å². The molecule has 0 spiro atoms. The predicted octanol–water partition coefficient (Wildman–Crippen LogP) is 2.82. The quantitative estimate of drug-likeness (QED) is 0.870. The van der Waals surface area contributed by atoms with Gasteiger partial charge in [0.15, 0.2) is 0 Å². The highest BCUT2D eigenvalue weighted by molar-refractivity contribution is 6.05. The molecule has 0 aliphatic carbocycles. The lowest BCUT2D eigenvalue weighted by atomic mass is 10.1. The molecular weight excluding hydrogens is 252 g/mol. The fourth-order valence-electron chi connectivity index (χ4n) is 2.05. The summed E-state index contributed by atoms with van der Waals surface area (Å²) in [6.45, 7) is 5.62. The molecule has 2 N–H and O–H groups in total. The van der Waals surface area contributed by atoms with Crippen LogP contribution < -0.4 is 10.5 Å². The summed E-state index contributed by atoms with van der Waals surface area (Å²) in [6.07, 6.45) is 0. The van der Waals surface area contributed by atoms with Gasteiger partial charge in [0.1, 0.15) is 11.4 Å². The molecule has 0 amide bonds. The van der Waals surface area contributed by atoms with E-state index in [1.165, 1.54) is 0 Å². The van der Waals surface area contributed by atoms with Crippen LogP contribution in [0.5, 0.6) is 5.75 Å². The monoisotopic (exact) mass is 270 g/mol. The fraction of sp³-hybridized carbons (Fsp3) is 0.267. The van der Waals surface area contributed by atoms with Crippen LogP contribution in [0.15, 0.2) is 29.3 Å². The summed E-state index contributed by atoms with van der Waals surface area (Å²) in [6, 6.07) is 7.60. The minimum atomic E-state index is 0.619. The third kappa shape index (κ3) is 2.61. The number of hydrogen-bond donors (Lipinski definition) is 1. The molecule has 5 heteroatoms. The number of nitrogens with zero attached hydrogens (tertiary/aromatic N) is 3. The molecule has 5 nitrogen and oxygen atoms in total. The van der Waals surface area contributed by atoms with Crippen LogP contribution in [0.3, 0.4) is 0 Å². The van der Waals surface area contributed by atoms with Crippen LogP contribution in [0.2, 0.25) is 0 Å². The third-order valence-corrected chi connectivity index (χ3v) is 3.11. The Bertz CT molecular complexity index is 665. The van der Waals surface area contributed by atoms with E-state index in [0.29, 0.717) is 11.4 Å². The molecule has 104 valence electrons. The van der Waals surface area contributed by atoms with Gasteiger partial charge in [-0.2, -0.15) is 10.2 Å². The van der Waals surface area contributed by atoms with Crippen molar-refractivity contribution in [2.24, 2.45) is 4.99 Å². The SMILES string of the molecule is COc1ccccc1N=C(C)c1c(C)nnc(C)c1N. The van der Waals surface area contributed by atoms with Gasteiger partial charge in [-0.1, -0.05) is 12.1 Å². The van der Waals surface area contributed by atoms with E-state index >= 15 is 0 Å². The Hall–Kier alpha value is -2.43. The number of benzene rings is 1. The molecule has 2 rings (SSSR count). The zero-order chi connectivity index (χ0) is 14.7. The van der Waals surface area contributed by atoms with Gasteiger partial charge in [-0.05, 0) is 32.9 Å². The number of rotatable bonds is 3. The molecule has 0 saturated heterocycles. The molecule has 0 unspecified atom stereocenters. The molecule has 1 aromatic heterocycles. The predicted molar refractivity (Wildman–Crippen MR) is 80.8 cm³/mol. The molecule has 0 atom stereocenters. The van der Waals surface area contributed by atoms with E-state index < -0.39 is 0 Å². The maximum atomic E-state index is 6.09. The van der Waals surface area contributed by atoms with Crippen molar-refractivity contribution in [2.45, 2.75) is 20.8 Å². The van der Waals surface area contributed by atoms with Crippen LogP contribution >= 0.6 is 0 Å². The lowest BCUT2D eigenvalue weighted by Gasteiger charge is -2.10. The van der Waals surface area contributed by atoms with Gasteiger partial charge in [0.2, 0.25) is 0 Å². The van der Waals surface area contributed by atoms with Gasteiger partial charge in [-0.3, -0.25) is 0 Å². The van der Waals surface area contributed by atoms with Gasteiger partial charge in [-0.15, -0.1) is 0 Å². The van der Waals surface area contributed by atoms with Gasteiger partial charge in [0, 0.05) is 11.3 Å². The molecule has 1 heterocycles. The van der Waals surface area contributed by atoms with E-state index in [4.69, 9.17) is 10.5 Å². The number of aromatic nitrogens is 2. The van der Waals surface area contributed by atoms with E-state index in [0.717, 1.165) is 28.4 Å². The number of aliphatic imine (C=N–C) groups is 1. The summed E-state index contributed by atoms with van der Waals surface area (Å²) in [7, 11) is 1.63. The summed E-state index contributed by atoms with van der Waals surface area (Å²) in [5.41, 5.74) is 10.6. The number of anilines is 1. The first-order valence-electron chi connectivity index (χ1n) is 6.32. The molecule has 0 fully saturated rings. The standard InChI is InChI=1S/C15H18N4O/c1-9(14-10(2)18-19-11(3)15(14)16)17-12-7-5-6-8-13(12)20-4/h5-8H,1-4H3,(H2,16,18). The molecular formula is C15H18N4O. The highest BCUT2D eigenvalue weighted by atomic mass is 16.5. The molecule has 20 heavy (non-hydrogen) atoms. The van der Waals surface area contributed by atoms with Crippen LogP contribution in [-0.4, -0.2) is 23.0 Å². The number of ether oxygens (including phenoxy) is 1. The van der Waals surface area contributed by atoms with Crippen molar-refractivity contribution in [1.29, 1.82) is 0 Å². The Morgan fingerprint density at radius 2 is 1.80 bits per heavy atom. The minimum Gasteiger partial charge on any atom is -0.494 e. The normalized spacial score (nSPS) is 11.5. The lowest BCUT2D eigenvalue weighted by Crippen LogP contribution is -2.09. The smallest absolute Gasteiger partial charge is 0.144 e. The van der Waals surface area contributed by atoms with Crippen molar-refractivity contribution in [2.75, 3.05) is 12.8 Å². The van der Waals surface area contributed by atoms with Crippen molar-refractivity contribution in [1.82, 2.24) is 10.2 Å². The first-order valence-corrected chi connectivity index (χ1v) is 6.32. The third-order valence-electron chi connectivity index (χ3n) is 3.11. The van der Waals surface area contributed by atoms with E-state index in [2.05, 4.69) is 15.2 Å². The molecule has 0 aliphatic rings. The van der Waals surface area contributed by atoms with E-state index in [1.54, 1.807) is 7.11 Å². The van der Waals surface area contributed by atoms with Gasteiger partial charge in [-0.25, -0.2) is 4.99 Å². The first-order chi connectivity index (χ1) is 9.54. The Morgan fingerprint density at radius 1 is 1.15 bits per heavy atom.